The summed E-state index contributed by atoms with van der Waals surface area (Å²) in [7, 11) is 0. The number of allylic oxidation sites excluding steroid dienone is 4. The molecule has 4 bridgehead atoms. The van der Waals surface area contributed by atoms with Crippen LogP contribution in [0.3, 0.4) is 0 Å². The molecule has 1 aromatic rings. The zero-order chi connectivity index (χ0) is 15.5. The molecular formula is C22H25Br. The molecular weight excluding hydrogens is 344 g/mol. The summed E-state index contributed by atoms with van der Waals surface area (Å²) in [5.41, 5.74) is 3.27. The molecule has 5 aliphatic carbocycles. The van der Waals surface area contributed by atoms with E-state index in [0.717, 1.165) is 24.2 Å². The van der Waals surface area contributed by atoms with Gasteiger partial charge in [-0.1, -0.05) is 64.5 Å². The second kappa shape index (κ2) is 5.09. The Bertz CT molecular complexity index is 633. The minimum absolute atomic E-state index is 0.203. The lowest BCUT2D eigenvalue weighted by molar-refractivity contribution is -0.0650. The second-order valence-electron chi connectivity index (χ2n) is 8.62. The van der Waals surface area contributed by atoms with Crippen LogP contribution in [0.25, 0.3) is 5.57 Å². The first kappa shape index (κ1) is 14.5. The molecule has 1 aromatic carbocycles. The average molecular weight is 369 g/mol. The van der Waals surface area contributed by atoms with E-state index in [0.29, 0.717) is 5.41 Å². The van der Waals surface area contributed by atoms with Crippen molar-refractivity contribution in [2.45, 2.75) is 49.3 Å². The Kier molecular flexibility index (Phi) is 3.21. The predicted molar refractivity (Wildman–Crippen MR) is 100 cm³/mol. The Morgan fingerprint density at radius 2 is 1.48 bits per heavy atom. The number of alkyl halides is 1. The van der Waals surface area contributed by atoms with Crippen molar-refractivity contribution in [2.24, 2.45) is 23.2 Å². The van der Waals surface area contributed by atoms with Gasteiger partial charge in [-0.3, -0.25) is 0 Å². The van der Waals surface area contributed by atoms with Crippen molar-refractivity contribution in [3.8, 4) is 0 Å². The summed E-state index contributed by atoms with van der Waals surface area (Å²) in [6, 6.07) is 10.8. The molecule has 4 saturated carbocycles. The lowest BCUT2D eigenvalue weighted by atomic mass is 9.46. The summed E-state index contributed by atoms with van der Waals surface area (Å²) in [6.07, 6.45) is 17.5. The SMILES string of the molecule is BrC1(C23CC4CC(CC(C4)C2)C3)C=CC(c2ccccc2)=CC1. The van der Waals surface area contributed by atoms with E-state index in [9.17, 15) is 0 Å². The number of rotatable bonds is 2. The van der Waals surface area contributed by atoms with Gasteiger partial charge in [-0.05, 0) is 79.3 Å². The molecule has 0 amide bonds. The highest BCUT2D eigenvalue weighted by Gasteiger charge is 2.58. The summed E-state index contributed by atoms with van der Waals surface area (Å²) < 4.78 is 0.203. The Hall–Kier alpha value is -0.820. The smallest absolute Gasteiger partial charge is 0.0531 e. The van der Waals surface area contributed by atoms with E-state index in [4.69, 9.17) is 0 Å². The van der Waals surface area contributed by atoms with Gasteiger partial charge in [-0.2, -0.15) is 0 Å². The molecule has 0 aliphatic heterocycles. The predicted octanol–water partition coefficient (Wildman–Crippen LogP) is 6.38. The van der Waals surface area contributed by atoms with Gasteiger partial charge in [0.05, 0.1) is 4.32 Å². The molecule has 4 fully saturated rings. The maximum atomic E-state index is 4.25. The second-order valence-corrected chi connectivity index (χ2v) is 10.0. The van der Waals surface area contributed by atoms with E-state index < -0.39 is 0 Å². The van der Waals surface area contributed by atoms with Crippen molar-refractivity contribution in [2.75, 3.05) is 0 Å². The molecule has 0 radical (unpaired) electrons. The van der Waals surface area contributed by atoms with Gasteiger partial charge in [0.1, 0.15) is 0 Å². The lowest BCUT2D eigenvalue weighted by Crippen LogP contribution is -2.55. The largest absolute Gasteiger partial charge is 0.0798 e. The topological polar surface area (TPSA) is 0 Å². The Balaban J connectivity index is 1.44. The van der Waals surface area contributed by atoms with E-state index >= 15 is 0 Å². The highest BCUT2D eigenvalue weighted by molar-refractivity contribution is 9.10. The molecule has 1 heteroatoms. The molecule has 23 heavy (non-hydrogen) atoms. The standard InChI is InChI=1S/C22H25Br/c23-22(8-6-20(7-9-22)19-4-2-1-3-5-19)21-13-16-10-17(14-21)12-18(11-16)15-21/h1-8,16-18H,9-15H2. The first-order valence-electron chi connectivity index (χ1n) is 9.30. The average Bonchev–Trinajstić information content (AvgIpc) is 2.55. The van der Waals surface area contributed by atoms with Crippen LogP contribution in [0.5, 0.6) is 0 Å². The fourth-order valence-electron chi connectivity index (χ4n) is 6.47. The van der Waals surface area contributed by atoms with Crippen molar-refractivity contribution < 1.29 is 0 Å². The lowest BCUT2D eigenvalue weighted by Gasteiger charge is -2.62. The zero-order valence-electron chi connectivity index (χ0n) is 13.7. The summed E-state index contributed by atoms with van der Waals surface area (Å²) in [6.45, 7) is 0. The molecule has 0 N–H and O–H groups in total. The van der Waals surface area contributed by atoms with Gasteiger partial charge in [0.2, 0.25) is 0 Å². The maximum absolute atomic E-state index is 4.25. The minimum Gasteiger partial charge on any atom is -0.0798 e. The molecule has 1 atom stereocenters. The molecule has 6 rings (SSSR count). The number of hydrogen-bond donors (Lipinski definition) is 0. The quantitative estimate of drug-likeness (QED) is 0.531. The molecule has 120 valence electrons. The first-order chi connectivity index (χ1) is 11.2. The van der Waals surface area contributed by atoms with Gasteiger partial charge in [0, 0.05) is 0 Å². The van der Waals surface area contributed by atoms with Gasteiger partial charge in [-0.15, -0.1) is 0 Å². The van der Waals surface area contributed by atoms with Crippen molar-refractivity contribution in [3.05, 3.63) is 54.1 Å². The molecule has 0 heterocycles. The number of halogens is 1. The third kappa shape index (κ3) is 2.22. The van der Waals surface area contributed by atoms with Crippen molar-refractivity contribution in [1.29, 1.82) is 0 Å². The van der Waals surface area contributed by atoms with E-state index in [-0.39, 0.29) is 4.32 Å². The monoisotopic (exact) mass is 368 g/mol. The van der Waals surface area contributed by atoms with Crippen LogP contribution in [0.4, 0.5) is 0 Å². The van der Waals surface area contributed by atoms with E-state index in [1.165, 1.54) is 49.7 Å². The van der Waals surface area contributed by atoms with Gasteiger partial charge in [0.25, 0.3) is 0 Å². The number of benzene rings is 1. The van der Waals surface area contributed by atoms with Crippen LogP contribution in [0.1, 0.15) is 50.5 Å². The van der Waals surface area contributed by atoms with Crippen LogP contribution in [0.15, 0.2) is 48.6 Å². The van der Waals surface area contributed by atoms with Crippen LogP contribution in [-0.4, -0.2) is 4.32 Å². The molecule has 0 spiro atoms. The Labute approximate surface area is 148 Å². The van der Waals surface area contributed by atoms with Crippen molar-refractivity contribution in [3.63, 3.8) is 0 Å². The van der Waals surface area contributed by atoms with Gasteiger partial charge < -0.3 is 0 Å². The van der Waals surface area contributed by atoms with Gasteiger partial charge >= 0.3 is 0 Å². The normalized spacial score (nSPS) is 44.4. The molecule has 0 aromatic heterocycles. The van der Waals surface area contributed by atoms with E-state index in [1.54, 1.807) is 0 Å². The molecule has 1 unspecified atom stereocenters. The summed E-state index contributed by atoms with van der Waals surface area (Å²) in [4.78, 5) is 0. The number of hydrogen-bond acceptors (Lipinski definition) is 0. The van der Waals surface area contributed by atoms with Crippen molar-refractivity contribution in [1.82, 2.24) is 0 Å². The highest BCUT2D eigenvalue weighted by Crippen LogP contribution is 2.67. The third-order valence-corrected chi connectivity index (χ3v) is 8.60. The van der Waals surface area contributed by atoms with E-state index in [1.807, 2.05) is 0 Å². The zero-order valence-corrected chi connectivity index (χ0v) is 15.3. The summed E-state index contributed by atoms with van der Waals surface area (Å²) >= 11 is 4.25. The fourth-order valence-corrected chi connectivity index (χ4v) is 7.25. The summed E-state index contributed by atoms with van der Waals surface area (Å²) in [5, 5.41) is 0. The summed E-state index contributed by atoms with van der Waals surface area (Å²) in [5.74, 6) is 3.05. The van der Waals surface area contributed by atoms with Crippen molar-refractivity contribution >= 4 is 21.5 Å². The molecule has 0 nitrogen and oxygen atoms in total. The van der Waals surface area contributed by atoms with Crippen LogP contribution in [0.2, 0.25) is 0 Å². The minimum atomic E-state index is 0.203. The first-order valence-corrected chi connectivity index (χ1v) is 10.1. The van der Waals surface area contributed by atoms with Gasteiger partial charge in [-0.25, -0.2) is 0 Å². The van der Waals surface area contributed by atoms with Gasteiger partial charge in [0.15, 0.2) is 0 Å². The Morgan fingerprint density at radius 3 is 2.00 bits per heavy atom. The van der Waals surface area contributed by atoms with Crippen LogP contribution < -0.4 is 0 Å². The van der Waals surface area contributed by atoms with Crippen LogP contribution in [0, 0.1) is 23.2 Å². The highest BCUT2D eigenvalue weighted by atomic mass is 79.9. The maximum Gasteiger partial charge on any atom is 0.0531 e. The molecule has 0 saturated heterocycles. The fraction of sp³-hybridized carbons (Fsp3) is 0.545. The Morgan fingerprint density at radius 1 is 0.870 bits per heavy atom. The van der Waals surface area contributed by atoms with Crippen LogP contribution in [-0.2, 0) is 0 Å². The molecule has 5 aliphatic rings. The van der Waals surface area contributed by atoms with E-state index in [2.05, 4.69) is 64.5 Å². The van der Waals surface area contributed by atoms with Crippen LogP contribution >= 0.6 is 15.9 Å². The third-order valence-electron chi connectivity index (χ3n) is 7.17.